The number of carboxylic acid groups (broad SMARTS) is 2. The number of nitro groups is 1. The number of aromatic carboxylic acids is 1. The Hall–Kier alpha value is -4.25. The molecule has 0 heterocycles. The lowest BCUT2D eigenvalue weighted by Crippen LogP contribution is -2.35. The average Bonchev–Trinajstić information content (AvgIpc) is 3.08. The largest absolute Gasteiger partial charge is 0.480 e. The molecule has 0 saturated carbocycles. The summed E-state index contributed by atoms with van der Waals surface area (Å²) in [6, 6.07) is 10.3. The fourth-order valence-corrected chi connectivity index (χ4v) is 5.33. The number of hydrogen-bond donors (Lipinski definition) is 4. The molecule has 3 aromatic rings. The van der Waals surface area contributed by atoms with Crippen molar-refractivity contribution in [2.75, 3.05) is 36.9 Å². The van der Waals surface area contributed by atoms with Gasteiger partial charge in [0.15, 0.2) is 7.37 Å². The minimum atomic E-state index is -4.58. The number of aryl methyl sites for hydroxylation is 2. The summed E-state index contributed by atoms with van der Waals surface area (Å²) in [4.78, 5) is 53.4. The van der Waals surface area contributed by atoms with E-state index in [2.05, 4.69) is 6.92 Å². The Labute approximate surface area is 312 Å². The lowest BCUT2D eigenvalue weighted by atomic mass is 10.0. The lowest BCUT2D eigenvalue weighted by Gasteiger charge is -2.25. The number of aliphatic carboxylic acids is 1. The first-order valence-corrected chi connectivity index (χ1v) is 18.6. The van der Waals surface area contributed by atoms with Crippen LogP contribution in [-0.4, -0.2) is 76.0 Å². The van der Waals surface area contributed by atoms with E-state index in [-0.39, 0.29) is 47.6 Å². The van der Waals surface area contributed by atoms with Gasteiger partial charge < -0.3 is 30.3 Å². The van der Waals surface area contributed by atoms with Gasteiger partial charge in [0.2, 0.25) is 5.91 Å². The maximum absolute atomic E-state index is 12.6. The van der Waals surface area contributed by atoms with Gasteiger partial charge in [-0.05, 0) is 62.1 Å². The van der Waals surface area contributed by atoms with Crippen molar-refractivity contribution in [1.29, 1.82) is 0 Å². The fourth-order valence-electron chi connectivity index (χ4n) is 4.21. The van der Waals surface area contributed by atoms with Crippen molar-refractivity contribution in [2.45, 2.75) is 45.8 Å². The molecule has 0 aliphatic heterocycles. The van der Waals surface area contributed by atoms with Gasteiger partial charge in [0.05, 0.1) is 21.2 Å². The highest BCUT2D eigenvalue weighted by Gasteiger charge is 2.31. The van der Waals surface area contributed by atoms with Gasteiger partial charge in [0.25, 0.3) is 5.69 Å². The number of amides is 1. The molecule has 2 atom stereocenters. The van der Waals surface area contributed by atoms with Crippen molar-refractivity contribution in [3.05, 3.63) is 92.0 Å². The van der Waals surface area contributed by atoms with E-state index in [9.17, 15) is 42.2 Å². The smallest absolute Gasteiger partial charge is 0.416 e. The molecule has 0 aliphatic carbocycles. The highest BCUT2D eigenvalue weighted by Crippen LogP contribution is 2.37. The number of hydrogen-bond acceptors (Lipinski definition) is 9. The molecule has 292 valence electrons. The summed E-state index contributed by atoms with van der Waals surface area (Å²) in [6.45, 7) is 7.97. The second-order valence-corrected chi connectivity index (χ2v) is 14.2. The minimum Gasteiger partial charge on any atom is -0.480 e. The van der Waals surface area contributed by atoms with E-state index in [0.717, 1.165) is 53.6 Å². The topological polar surface area (TPSA) is 220 Å². The van der Waals surface area contributed by atoms with Gasteiger partial charge >= 0.3 is 18.1 Å². The molecule has 14 nitrogen and oxygen atoms in total. The van der Waals surface area contributed by atoms with Crippen LogP contribution < -0.4 is 15.4 Å². The zero-order valence-electron chi connectivity index (χ0n) is 28.9. The average molecular weight is 813 g/mol. The Morgan fingerprint density at radius 1 is 1.09 bits per heavy atom. The minimum absolute atomic E-state index is 0.0371. The van der Waals surface area contributed by atoms with Crippen LogP contribution in [0.2, 0.25) is 5.02 Å². The number of halogens is 5. The summed E-state index contributed by atoms with van der Waals surface area (Å²) in [5, 5.41) is 27.7. The van der Waals surface area contributed by atoms with E-state index >= 15 is 0 Å². The van der Waals surface area contributed by atoms with E-state index in [4.69, 9.17) is 53.5 Å². The number of benzene rings is 3. The third kappa shape index (κ3) is 15.7. The predicted octanol–water partition coefficient (Wildman–Crippen LogP) is 7.57. The Morgan fingerprint density at radius 2 is 1.74 bits per heavy atom. The third-order valence-corrected chi connectivity index (χ3v) is 8.48. The molecule has 0 radical (unpaired) electrons. The number of alkyl halides is 4. The number of nitrogens with zero attached hydrogens (tertiary/aromatic N) is 2. The van der Waals surface area contributed by atoms with Crippen molar-refractivity contribution in [1.82, 2.24) is 0 Å². The molecule has 0 aliphatic rings. The van der Waals surface area contributed by atoms with Crippen molar-refractivity contribution in [3.63, 3.8) is 0 Å². The summed E-state index contributed by atoms with van der Waals surface area (Å²) in [5.41, 5.74) is 5.97. The SMILES string of the molecule is CCOCN(C(=O)CCl)c1c(C)cccc1CC.CP(=O)(O)CCC(N)C(=O)O.O=C(O)c1cc(Oc2ccc(C(F)(F)F)cc2Cl)ccc1[N+](=O)[O-]. The Kier molecular flexibility index (Phi) is 18.9. The van der Waals surface area contributed by atoms with Gasteiger partial charge in [-0.1, -0.05) is 36.7 Å². The maximum Gasteiger partial charge on any atom is 0.416 e. The Balaban J connectivity index is 0.000000428. The number of nitro benzene ring substituents is 1. The second kappa shape index (κ2) is 21.5. The molecule has 1 amide bonds. The van der Waals surface area contributed by atoms with E-state index in [1.807, 2.05) is 32.0 Å². The molecular weight excluding hydrogens is 773 g/mol. The Bertz CT molecular complexity index is 1790. The van der Waals surface area contributed by atoms with Crippen LogP contribution in [0, 0.1) is 17.0 Å². The van der Waals surface area contributed by atoms with Crippen LogP contribution in [0.4, 0.5) is 24.5 Å². The van der Waals surface area contributed by atoms with Gasteiger partial charge in [0.1, 0.15) is 35.7 Å². The van der Waals surface area contributed by atoms with Crippen molar-refractivity contribution in [3.8, 4) is 11.5 Å². The second-order valence-electron chi connectivity index (χ2n) is 11.0. The molecule has 2 unspecified atom stereocenters. The zero-order chi connectivity index (χ0) is 40.7. The summed E-state index contributed by atoms with van der Waals surface area (Å²) in [6.07, 6.45) is -3.71. The van der Waals surface area contributed by atoms with Gasteiger partial charge in [-0.3, -0.25) is 29.2 Å². The number of carbonyl (C=O) groups is 3. The highest BCUT2D eigenvalue weighted by atomic mass is 35.5. The lowest BCUT2D eigenvalue weighted by molar-refractivity contribution is -0.385. The summed E-state index contributed by atoms with van der Waals surface area (Å²) < 4.78 is 58.9. The van der Waals surface area contributed by atoms with E-state index < -0.39 is 53.3 Å². The zero-order valence-corrected chi connectivity index (χ0v) is 31.3. The standard InChI is InChI=1S/C14H7ClF3NO5.C14H20ClNO2.C5H12NO4P/c15-10-5-7(14(16,17)18)1-4-12(10)24-8-2-3-11(19(22)23)9(6-8)13(20)21;1-4-12-8-6-7-11(3)14(12)16(10-18-5-2)13(17)9-15;1-11(9,10)3-2-4(6)5(7)8/h1-6H,(H,20,21);6-8H,4-5,9-10H2,1-3H3;4H,2-3,6H2,1H3,(H,7,8)(H,9,10). The van der Waals surface area contributed by atoms with Gasteiger partial charge in [-0.25, -0.2) is 4.79 Å². The first-order chi connectivity index (χ1) is 24.6. The molecular formula is C33H39Cl2F3N3O11P. The van der Waals surface area contributed by atoms with Crippen molar-refractivity contribution >= 4 is 59.8 Å². The summed E-state index contributed by atoms with van der Waals surface area (Å²) >= 11 is 11.4. The molecule has 0 fully saturated rings. The highest BCUT2D eigenvalue weighted by molar-refractivity contribution is 7.57. The normalized spacial score (nSPS) is 12.5. The molecule has 20 heteroatoms. The number of para-hydroxylation sites is 1. The first-order valence-electron chi connectivity index (χ1n) is 15.4. The van der Waals surface area contributed by atoms with Crippen molar-refractivity contribution in [2.24, 2.45) is 5.73 Å². The number of anilines is 1. The van der Waals surface area contributed by atoms with Gasteiger partial charge in [-0.15, -0.1) is 11.6 Å². The molecule has 0 bridgehead atoms. The van der Waals surface area contributed by atoms with Crippen LogP contribution in [0.1, 0.15) is 47.3 Å². The van der Waals surface area contributed by atoms with Crippen LogP contribution in [0.3, 0.4) is 0 Å². The fraction of sp³-hybridized carbons (Fsp3) is 0.364. The molecule has 5 N–H and O–H groups in total. The number of rotatable bonds is 14. The maximum atomic E-state index is 12.6. The van der Waals surface area contributed by atoms with Crippen LogP contribution >= 0.6 is 30.6 Å². The molecule has 53 heavy (non-hydrogen) atoms. The van der Waals surface area contributed by atoms with Crippen LogP contribution in [-0.2, 0) is 31.5 Å². The van der Waals surface area contributed by atoms with E-state index in [1.165, 1.54) is 6.66 Å². The van der Waals surface area contributed by atoms with E-state index in [1.54, 1.807) is 4.90 Å². The van der Waals surface area contributed by atoms with Gasteiger partial charge in [-0.2, -0.15) is 13.2 Å². The predicted molar refractivity (Wildman–Crippen MR) is 193 cm³/mol. The molecule has 0 aromatic heterocycles. The van der Waals surface area contributed by atoms with Crippen LogP contribution in [0.5, 0.6) is 11.5 Å². The number of carboxylic acids is 2. The summed E-state index contributed by atoms with van der Waals surface area (Å²) in [5.74, 6) is -3.14. The van der Waals surface area contributed by atoms with Crippen LogP contribution in [0.15, 0.2) is 54.6 Å². The first kappa shape index (κ1) is 46.8. The molecule has 0 spiro atoms. The number of nitrogens with two attached hydrogens (primary N) is 1. The monoisotopic (exact) mass is 811 g/mol. The third-order valence-electron chi connectivity index (χ3n) is 6.87. The van der Waals surface area contributed by atoms with Crippen LogP contribution in [0.25, 0.3) is 0 Å². The number of carbonyl (C=O) groups excluding carboxylic acids is 1. The number of ether oxygens (including phenoxy) is 2. The molecule has 3 aromatic carbocycles. The Morgan fingerprint density at radius 3 is 2.21 bits per heavy atom. The van der Waals surface area contributed by atoms with Gasteiger partial charge in [0, 0.05) is 31.6 Å². The van der Waals surface area contributed by atoms with Crippen molar-refractivity contribution < 1.29 is 61.6 Å². The quantitative estimate of drug-likeness (QED) is 0.0407. The summed E-state index contributed by atoms with van der Waals surface area (Å²) in [7, 11) is -3.10. The molecule has 0 saturated heterocycles. The van der Waals surface area contributed by atoms with E-state index in [0.29, 0.717) is 12.7 Å². The molecule has 3 rings (SSSR count).